The van der Waals surface area contributed by atoms with Gasteiger partial charge < -0.3 is 4.90 Å². The highest BCUT2D eigenvalue weighted by Crippen LogP contribution is 2.42. The van der Waals surface area contributed by atoms with Crippen LogP contribution in [0.5, 0.6) is 0 Å². The van der Waals surface area contributed by atoms with Gasteiger partial charge in [-0.3, -0.25) is 0 Å². The van der Waals surface area contributed by atoms with Crippen molar-refractivity contribution in [1.29, 1.82) is 0 Å². The van der Waals surface area contributed by atoms with Crippen LogP contribution in [0.4, 0.5) is 45.5 Å². The number of aromatic nitrogens is 5. The van der Waals surface area contributed by atoms with Crippen molar-refractivity contribution in [3.05, 3.63) is 74.1 Å². The number of rotatable bonds is 8. The zero-order valence-electron chi connectivity index (χ0n) is 24.7. The zero-order valence-corrected chi connectivity index (χ0v) is 25.5. The summed E-state index contributed by atoms with van der Waals surface area (Å²) in [5.74, 6) is 0.0356. The van der Waals surface area contributed by atoms with E-state index < -0.39 is 53.9 Å². The van der Waals surface area contributed by atoms with Crippen molar-refractivity contribution in [3.8, 4) is 11.3 Å². The third-order valence-electron chi connectivity index (χ3n) is 7.84. The molecule has 0 saturated heterocycles. The van der Waals surface area contributed by atoms with Gasteiger partial charge in [0.15, 0.2) is 0 Å². The summed E-state index contributed by atoms with van der Waals surface area (Å²) in [6.07, 6.45) is -9.20. The van der Waals surface area contributed by atoms with E-state index in [0.29, 0.717) is 29.8 Å². The minimum absolute atomic E-state index is 0.0116. The van der Waals surface area contributed by atoms with Crippen molar-refractivity contribution in [3.63, 3.8) is 0 Å². The van der Waals surface area contributed by atoms with E-state index in [0.717, 1.165) is 58.9 Å². The molecule has 16 heteroatoms. The highest BCUT2D eigenvalue weighted by Gasteiger charge is 2.37. The van der Waals surface area contributed by atoms with Gasteiger partial charge in [0.2, 0.25) is 0 Å². The lowest BCUT2D eigenvalue weighted by molar-refractivity contribution is -0.143. The maximum atomic E-state index is 13.9. The number of anilines is 1. The maximum Gasteiger partial charge on any atom is 0.416 e. The van der Waals surface area contributed by atoms with E-state index in [1.807, 2.05) is 6.92 Å². The van der Waals surface area contributed by atoms with E-state index in [1.54, 1.807) is 0 Å². The van der Waals surface area contributed by atoms with Crippen LogP contribution < -0.4 is 4.90 Å². The number of halogens is 9. The van der Waals surface area contributed by atoms with E-state index in [-0.39, 0.29) is 23.5 Å². The highest BCUT2D eigenvalue weighted by atomic mass is 32.1. The molecule has 0 spiro atoms. The number of hydrogen-bond donors (Lipinski definition) is 0. The summed E-state index contributed by atoms with van der Waals surface area (Å²) in [7, 11) is 1.39. The Kier molecular flexibility index (Phi) is 9.40. The second-order valence-corrected chi connectivity index (χ2v) is 12.3. The number of hydrogen-bond acceptors (Lipinski definition) is 6. The van der Waals surface area contributed by atoms with Crippen LogP contribution in [0, 0.1) is 0 Å². The average Bonchev–Trinajstić information content (AvgIpc) is 3.62. The monoisotopic (exact) mass is 676 g/mol. The number of benzene rings is 2. The zero-order chi connectivity index (χ0) is 33.4. The summed E-state index contributed by atoms with van der Waals surface area (Å²) in [4.78, 5) is 7.97. The smallest absolute Gasteiger partial charge is 0.330 e. The maximum absolute atomic E-state index is 13.9. The topological polar surface area (TPSA) is 59.7 Å². The Morgan fingerprint density at radius 1 is 0.826 bits per heavy atom. The van der Waals surface area contributed by atoms with Gasteiger partial charge in [-0.25, -0.2) is 4.98 Å². The molecule has 2 heterocycles. The molecule has 0 N–H and O–H groups in total. The lowest BCUT2D eigenvalue weighted by Crippen LogP contribution is -2.25. The third kappa shape index (κ3) is 7.64. The van der Waals surface area contributed by atoms with Crippen molar-refractivity contribution in [2.45, 2.75) is 83.0 Å². The SMILES string of the molecule is CCc1sc(C2CCCCC2)nc1-c1ccc(C(F)(F)F)cc1CN(Cc1cc(C(F)(F)F)cc(C(F)(F)F)c1)c1nnn(C)n1. The van der Waals surface area contributed by atoms with Gasteiger partial charge in [-0.15, -0.1) is 16.4 Å². The van der Waals surface area contributed by atoms with Crippen LogP contribution >= 0.6 is 11.3 Å². The minimum atomic E-state index is -5.09. The summed E-state index contributed by atoms with van der Waals surface area (Å²) in [6, 6.07) is 4.31. The summed E-state index contributed by atoms with van der Waals surface area (Å²) in [5, 5.41) is 12.5. The number of nitrogens with zero attached hydrogens (tertiary/aromatic N) is 6. The molecular weight excluding hydrogens is 647 g/mol. The van der Waals surface area contributed by atoms with E-state index in [4.69, 9.17) is 4.98 Å². The summed E-state index contributed by atoms with van der Waals surface area (Å²) >= 11 is 1.51. The average molecular weight is 677 g/mol. The fourth-order valence-electron chi connectivity index (χ4n) is 5.61. The quantitative estimate of drug-likeness (QED) is 0.174. The predicted octanol–water partition coefficient (Wildman–Crippen LogP) is 9.21. The van der Waals surface area contributed by atoms with Gasteiger partial charge in [0.25, 0.3) is 5.95 Å². The van der Waals surface area contributed by atoms with E-state index in [2.05, 4.69) is 15.4 Å². The van der Waals surface area contributed by atoms with Crippen molar-refractivity contribution in [1.82, 2.24) is 25.2 Å². The lowest BCUT2D eigenvalue weighted by Gasteiger charge is -2.24. The van der Waals surface area contributed by atoms with Crippen LogP contribution in [0.3, 0.4) is 0 Å². The first kappa shape index (κ1) is 33.7. The Hall–Kier alpha value is -3.69. The van der Waals surface area contributed by atoms with Crippen LogP contribution in [0.25, 0.3) is 11.3 Å². The Morgan fingerprint density at radius 3 is 2.00 bits per heavy atom. The van der Waals surface area contributed by atoms with Gasteiger partial charge in [0.1, 0.15) is 0 Å². The van der Waals surface area contributed by atoms with E-state index >= 15 is 0 Å². The molecule has 1 saturated carbocycles. The van der Waals surface area contributed by atoms with Gasteiger partial charge in [-0.2, -0.15) is 44.3 Å². The molecule has 2 aromatic carbocycles. The molecule has 0 radical (unpaired) electrons. The van der Waals surface area contributed by atoms with E-state index in [9.17, 15) is 39.5 Å². The van der Waals surface area contributed by atoms with Crippen molar-refractivity contribution in [2.24, 2.45) is 7.05 Å². The Balaban J connectivity index is 1.62. The second-order valence-electron chi connectivity index (χ2n) is 11.2. The molecule has 5 rings (SSSR count). The molecule has 0 bridgehead atoms. The van der Waals surface area contributed by atoms with E-state index in [1.165, 1.54) is 29.4 Å². The van der Waals surface area contributed by atoms with Crippen LogP contribution in [0.15, 0.2) is 36.4 Å². The van der Waals surface area contributed by atoms with Crippen LogP contribution in [-0.2, 0) is 45.1 Å². The standard InChI is InChI=1S/C30H29F9N6S/c1-3-24-25(40-26(46-24)18-7-5-4-6-8-18)23-10-9-20(28(31,32)33)13-19(23)16-45(27-41-43-44(2)42-27)15-17-11-21(29(34,35)36)14-22(12-17)30(37,38)39/h9-14,18H,3-8,15-16H2,1-2H3. The molecular formula is C30H29F9N6S. The van der Waals surface area contributed by atoms with Gasteiger partial charge >= 0.3 is 18.5 Å². The van der Waals surface area contributed by atoms with Gasteiger partial charge in [0, 0.05) is 29.4 Å². The second kappa shape index (κ2) is 12.8. The Labute approximate surface area is 262 Å². The third-order valence-corrected chi connectivity index (χ3v) is 9.20. The van der Waals surface area contributed by atoms with Crippen molar-refractivity contribution < 1.29 is 39.5 Å². The van der Waals surface area contributed by atoms with Crippen molar-refractivity contribution in [2.75, 3.05) is 4.90 Å². The lowest BCUT2D eigenvalue weighted by atomic mass is 9.90. The van der Waals surface area contributed by atoms with Gasteiger partial charge in [-0.1, -0.05) is 37.4 Å². The number of thiazole rings is 1. The highest BCUT2D eigenvalue weighted by molar-refractivity contribution is 7.12. The largest absolute Gasteiger partial charge is 0.416 e. The fraction of sp³-hybridized carbons (Fsp3) is 0.467. The molecule has 46 heavy (non-hydrogen) atoms. The molecule has 4 aromatic rings. The van der Waals surface area contributed by atoms with Gasteiger partial charge in [0.05, 0.1) is 34.4 Å². The molecule has 1 aliphatic carbocycles. The summed E-state index contributed by atoms with van der Waals surface area (Å²) in [6.45, 7) is 0.911. The molecule has 0 amide bonds. The molecule has 248 valence electrons. The molecule has 1 aliphatic rings. The number of alkyl halides is 9. The first-order chi connectivity index (χ1) is 21.5. The number of tetrazole rings is 1. The molecule has 0 unspecified atom stereocenters. The minimum Gasteiger partial charge on any atom is -0.330 e. The van der Waals surface area contributed by atoms with Crippen LogP contribution in [0.1, 0.15) is 82.6 Å². The van der Waals surface area contributed by atoms with Crippen LogP contribution in [0.2, 0.25) is 0 Å². The van der Waals surface area contributed by atoms with Gasteiger partial charge in [-0.05, 0) is 65.9 Å². The Morgan fingerprint density at radius 2 is 1.46 bits per heavy atom. The summed E-state index contributed by atoms with van der Waals surface area (Å²) < 4.78 is 124. The number of aryl methyl sites for hydroxylation is 2. The fourth-order valence-corrected chi connectivity index (χ4v) is 6.80. The molecule has 0 atom stereocenters. The summed E-state index contributed by atoms with van der Waals surface area (Å²) in [5.41, 5.74) is -3.44. The molecule has 0 aliphatic heterocycles. The Bertz CT molecular complexity index is 1630. The van der Waals surface area contributed by atoms with Crippen LogP contribution in [-0.4, -0.2) is 25.2 Å². The molecule has 1 fully saturated rings. The predicted molar refractivity (Wildman–Crippen MR) is 153 cm³/mol. The molecule has 6 nitrogen and oxygen atoms in total. The molecule has 2 aromatic heterocycles. The first-order valence-corrected chi connectivity index (χ1v) is 15.3. The first-order valence-electron chi connectivity index (χ1n) is 14.5. The normalized spacial score (nSPS) is 15.0. The van der Waals surface area contributed by atoms with Crippen molar-refractivity contribution >= 4 is 17.3 Å².